The molecule has 0 bridgehead atoms. The first-order valence-corrected chi connectivity index (χ1v) is 8.06. The minimum Gasteiger partial charge on any atom is -0.381 e. The average molecular weight is 336 g/mol. The molecule has 0 atom stereocenters. The molecular weight excluding hydrogens is 314 g/mol. The van der Waals surface area contributed by atoms with E-state index in [4.69, 9.17) is 5.26 Å². The lowest BCUT2D eigenvalue weighted by Gasteiger charge is -2.33. The van der Waals surface area contributed by atoms with Crippen LogP contribution in [0.2, 0.25) is 0 Å². The van der Waals surface area contributed by atoms with Crippen LogP contribution in [0.5, 0.6) is 0 Å². The Labute approximate surface area is 130 Å². The molecule has 1 N–H and O–H groups in total. The Balaban J connectivity index is 1.93. The number of nitrogens with one attached hydrogen (secondary N) is 1. The molecule has 1 fully saturated rings. The summed E-state index contributed by atoms with van der Waals surface area (Å²) in [7, 11) is 0. The molecular formula is C16H22BrN3. The predicted octanol–water partition coefficient (Wildman–Crippen LogP) is 3.85. The van der Waals surface area contributed by atoms with Crippen LogP contribution in [0.1, 0.15) is 32.3 Å². The molecule has 108 valence electrons. The van der Waals surface area contributed by atoms with E-state index >= 15 is 0 Å². The topological polar surface area (TPSA) is 39.1 Å². The van der Waals surface area contributed by atoms with Crippen LogP contribution in [0.25, 0.3) is 0 Å². The molecule has 3 nitrogen and oxygen atoms in total. The largest absolute Gasteiger partial charge is 0.381 e. The van der Waals surface area contributed by atoms with Gasteiger partial charge in [-0.05, 0) is 37.0 Å². The Kier molecular flexibility index (Phi) is 5.45. The summed E-state index contributed by atoms with van der Waals surface area (Å²) in [5.74, 6) is 0.731. The summed E-state index contributed by atoms with van der Waals surface area (Å²) in [6, 6.07) is 8.50. The van der Waals surface area contributed by atoms with Crippen molar-refractivity contribution < 1.29 is 0 Å². The number of hydrogen-bond donors (Lipinski definition) is 1. The van der Waals surface area contributed by atoms with Crippen LogP contribution < -0.4 is 5.32 Å². The minimum absolute atomic E-state index is 0.472. The number of piperidine rings is 1. The van der Waals surface area contributed by atoms with Gasteiger partial charge in [0.05, 0.1) is 11.3 Å². The highest BCUT2D eigenvalue weighted by molar-refractivity contribution is 9.10. The molecule has 2 rings (SSSR count). The Bertz CT molecular complexity index is 485. The van der Waals surface area contributed by atoms with E-state index in [1.165, 1.54) is 6.54 Å². The van der Waals surface area contributed by atoms with Gasteiger partial charge in [0.1, 0.15) is 6.07 Å². The van der Waals surface area contributed by atoms with Gasteiger partial charge in [0, 0.05) is 30.1 Å². The van der Waals surface area contributed by atoms with Gasteiger partial charge in [-0.2, -0.15) is 5.26 Å². The van der Waals surface area contributed by atoms with Crippen LogP contribution in [0.15, 0.2) is 22.7 Å². The molecule has 0 aromatic heterocycles. The molecule has 0 saturated carbocycles. The maximum Gasteiger partial charge on any atom is 0.101 e. The second kappa shape index (κ2) is 7.10. The van der Waals surface area contributed by atoms with Gasteiger partial charge in [-0.25, -0.2) is 0 Å². The lowest BCUT2D eigenvalue weighted by molar-refractivity contribution is 0.198. The van der Waals surface area contributed by atoms with Crippen LogP contribution in [-0.2, 0) is 0 Å². The molecule has 1 heterocycles. The van der Waals surface area contributed by atoms with Crippen molar-refractivity contribution in [3.63, 3.8) is 0 Å². The summed E-state index contributed by atoms with van der Waals surface area (Å²) in [4.78, 5) is 2.54. The van der Waals surface area contributed by atoms with Crippen LogP contribution in [0, 0.1) is 17.2 Å². The van der Waals surface area contributed by atoms with Crippen molar-refractivity contribution >= 4 is 21.6 Å². The van der Waals surface area contributed by atoms with Crippen LogP contribution >= 0.6 is 15.9 Å². The van der Waals surface area contributed by atoms with Crippen molar-refractivity contribution in [3.8, 4) is 6.07 Å². The number of nitrogens with zero attached hydrogens (tertiary/aromatic N) is 2. The van der Waals surface area contributed by atoms with Crippen LogP contribution in [0.4, 0.5) is 5.69 Å². The number of nitriles is 1. The summed E-state index contributed by atoms with van der Waals surface area (Å²) < 4.78 is 1.01. The fourth-order valence-electron chi connectivity index (χ4n) is 2.73. The average Bonchev–Trinajstić information content (AvgIpc) is 2.41. The number of rotatable bonds is 4. The quantitative estimate of drug-likeness (QED) is 0.908. The number of benzene rings is 1. The van der Waals surface area contributed by atoms with Crippen LogP contribution in [-0.4, -0.2) is 30.6 Å². The zero-order chi connectivity index (χ0) is 14.5. The lowest BCUT2D eigenvalue weighted by atomic mass is 10.0. The van der Waals surface area contributed by atoms with E-state index in [0.29, 0.717) is 6.04 Å². The third-order valence-corrected chi connectivity index (χ3v) is 4.17. The zero-order valence-corrected chi connectivity index (χ0v) is 13.8. The lowest BCUT2D eigenvalue weighted by Crippen LogP contribution is -2.40. The summed E-state index contributed by atoms with van der Waals surface area (Å²) in [6.07, 6.45) is 2.29. The maximum atomic E-state index is 9.17. The monoisotopic (exact) mass is 335 g/mol. The minimum atomic E-state index is 0.472. The van der Waals surface area contributed by atoms with Gasteiger partial charge in [0.25, 0.3) is 0 Å². The Morgan fingerprint density at radius 3 is 2.70 bits per heavy atom. The fraction of sp³-hybridized carbons (Fsp3) is 0.562. The van der Waals surface area contributed by atoms with Gasteiger partial charge < -0.3 is 10.2 Å². The molecule has 1 aromatic rings. The normalized spacial score (nSPS) is 17.1. The van der Waals surface area contributed by atoms with Crippen molar-refractivity contribution in [1.82, 2.24) is 4.90 Å². The molecule has 4 heteroatoms. The first-order chi connectivity index (χ1) is 9.58. The third-order valence-electron chi connectivity index (χ3n) is 3.67. The summed E-state index contributed by atoms with van der Waals surface area (Å²) in [5.41, 5.74) is 1.67. The van der Waals surface area contributed by atoms with E-state index < -0.39 is 0 Å². The number of halogens is 1. The molecule has 1 aromatic carbocycles. The van der Waals surface area contributed by atoms with Crippen molar-refractivity contribution in [2.45, 2.75) is 32.7 Å². The molecule has 0 radical (unpaired) electrons. The van der Waals surface area contributed by atoms with Gasteiger partial charge in [-0.3, -0.25) is 0 Å². The summed E-state index contributed by atoms with van der Waals surface area (Å²) in [5, 5.41) is 12.7. The van der Waals surface area contributed by atoms with E-state index in [-0.39, 0.29) is 0 Å². The molecule has 0 aliphatic carbocycles. The van der Waals surface area contributed by atoms with Gasteiger partial charge >= 0.3 is 0 Å². The third kappa shape index (κ3) is 4.22. The van der Waals surface area contributed by atoms with E-state index in [0.717, 1.165) is 47.6 Å². The van der Waals surface area contributed by atoms with Crippen molar-refractivity contribution in [1.29, 1.82) is 5.26 Å². The molecule has 20 heavy (non-hydrogen) atoms. The van der Waals surface area contributed by atoms with Crippen molar-refractivity contribution in [2.75, 3.05) is 25.0 Å². The van der Waals surface area contributed by atoms with Gasteiger partial charge in [-0.1, -0.05) is 29.8 Å². The number of hydrogen-bond acceptors (Lipinski definition) is 3. The maximum absolute atomic E-state index is 9.17. The van der Waals surface area contributed by atoms with Gasteiger partial charge in [0.2, 0.25) is 0 Å². The van der Waals surface area contributed by atoms with E-state index in [1.807, 2.05) is 18.2 Å². The molecule has 1 saturated heterocycles. The van der Waals surface area contributed by atoms with E-state index in [9.17, 15) is 0 Å². The highest BCUT2D eigenvalue weighted by Gasteiger charge is 2.20. The highest BCUT2D eigenvalue weighted by Crippen LogP contribution is 2.24. The van der Waals surface area contributed by atoms with E-state index in [1.54, 1.807) is 0 Å². The zero-order valence-electron chi connectivity index (χ0n) is 12.2. The molecule has 0 unspecified atom stereocenters. The number of anilines is 1. The first-order valence-electron chi connectivity index (χ1n) is 7.27. The Morgan fingerprint density at radius 2 is 2.10 bits per heavy atom. The predicted molar refractivity (Wildman–Crippen MR) is 86.8 cm³/mol. The first kappa shape index (κ1) is 15.3. The molecule has 0 spiro atoms. The van der Waals surface area contributed by atoms with E-state index in [2.05, 4.69) is 46.1 Å². The van der Waals surface area contributed by atoms with Crippen LogP contribution in [0.3, 0.4) is 0 Å². The standard InChI is InChI=1S/C16H22BrN3/c1-12(2)11-20-7-5-15(6-8-20)19-16-9-14(17)4-3-13(16)10-18/h3-4,9,12,15,19H,5-8,11H2,1-2H3. The summed E-state index contributed by atoms with van der Waals surface area (Å²) in [6.45, 7) is 8.01. The highest BCUT2D eigenvalue weighted by atomic mass is 79.9. The smallest absolute Gasteiger partial charge is 0.101 e. The Morgan fingerprint density at radius 1 is 1.40 bits per heavy atom. The van der Waals surface area contributed by atoms with Crippen molar-refractivity contribution in [3.05, 3.63) is 28.2 Å². The SMILES string of the molecule is CC(C)CN1CCC(Nc2cc(Br)ccc2C#N)CC1. The molecule has 1 aliphatic rings. The van der Waals surface area contributed by atoms with Crippen molar-refractivity contribution in [2.24, 2.45) is 5.92 Å². The molecule has 0 amide bonds. The second-order valence-electron chi connectivity index (χ2n) is 5.91. The second-order valence-corrected chi connectivity index (χ2v) is 6.83. The Hall–Kier alpha value is -1.05. The fourth-order valence-corrected chi connectivity index (χ4v) is 3.09. The van der Waals surface area contributed by atoms with Gasteiger partial charge in [-0.15, -0.1) is 0 Å². The molecule has 1 aliphatic heterocycles. The number of likely N-dealkylation sites (tertiary alicyclic amines) is 1. The summed E-state index contributed by atoms with van der Waals surface area (Å²) >= 11 is 3.47. The van der Waals surface area contributed by atoms with Gasteiger partial charge in [0.15, 0.2) is 0 Å².